The van der Waals surface area contributed by atoms with E-state index < -0.39 is 47.1 Å². The number of nitrogens with zero attached hydrogens (tertiary/aromatic N) is 4. The predicted octanol–water partition coefficient (Wildman–Crippen LogP) is 7.79. The van der Waals surface area contributed by atoms with Crippen molar-refractivity contribution in [3.63, 3.8) is 0 Å². The summed E-state index contributed by atoms with van der Waals surface area (Å²) in [6.07, 6.45) is -2.37. The van der Waals surface area contributed by atoms with Crippen LogP contribution in [-0.2, 0) is 22.3 Å². The number of likely N-dealkylation sites (tertiary alicyclic amines) is 1. The summed E-state index contributed by atoms with van der Waals surface area (Å²) in [6.45, 7) is 4.89. The molecule has 11 nitrogen and oxygen atoms in total. The molecule has 0 aliphatic carbocycles. The smallest absolute Gasteiger partial charge is 0.416 e. The number of piperazine rings is 1. The number of amides is 3. The molecule has 324 valence electrons. The summed E-state index contributed by atoms with van der Waals surface area (Å²) in [4.78, 5) is 45.4. The highest BCUT2D eigenvalue weighted by molar-refractivity contribution is 7.22. The molecule has 4 aromatic carbocycles. The molecule has 5 aromatic rings. The lowest BCUT2D eigenvalue weighted by molar-refractivity contribution is -0.138. The van der Waals surface area contributed by atoms with Crippen molar-refractivity contribution in [3.8, 4) is 33.4 Å². The maximum atomic E-state index is 16.0. The predicted molar refractivity (Wildman–Crippen MR) is 222 cm³/mol. The van der Waals surface area contributed by atoms with Crippen LogP contribution in [0.3, 0.4) is 0 Å². The quantitative estimate of drug-likeness (QED) is 0.107. The van der Waals surface area contributed by atoms with Gasteiger partial charge in [0.2, 0.25) is 11.8 Å². The van der Waals surface area contributed by atoms with Gasteiger partial charge in [-0.3, -0.25) is 29.5 Å². The fraction of sp³-hybridized carbons (Fsp3) is 0.356. The zero-order valence-electron chi connectivity index (χ0n) is 33.4. The average Bonchev–Trinajstić information content (AvgIpc) is 3.77. The van der Waals surface area contributed by atoms with Crippen molar-refractivity contribution in [1.82, 2.24) is 20.0 Å². The Morgan fingerprint density at radius 2 is 1.55 bits per heavy atom. The van der Waals surface area contributed by atoms with Gasteiger partial charge in [0.1, 0.15) is 41.4 Å². The standard InChI is InChI=1S/C45H42F5N5O6S/c46-35-24-33-34(25-55(44(33)59)36-11-12-38(57)51-43(36)58)39(47)40(35)54-19-17-53(18-20-54)28-13-15-52(16-14-28)21-22-60-30-6-8-31(9-7-30)61-41-32-10-5-29(56)23-37(32)62-42(41)26-1-3-27(4-2-26)45(48,49)50/h1-10,23-24,28,36,56H,11-22,25H2,(H,51,57,58). The van der Waals surface area contributed by atoms with Crippen LogP contribution in [0.25, 0.3) is 20.5 Å². The van der Waals surface area contributed by atoms with E-state index in [0.29, 0.717) is 66.5 Å². The minimum atomic E-state index is -4.45. The summed E-state index contributed by atoms with van der Waals surface area (Å²) in [5.74, 6) is -1.52. The minimum absolute atomic E-state index is 0.0687. The van der Waals surface area contributed by atoms with Crippen LogP contribution in [0, 0.1) is 11.6 Å². The minimum Gasteiger partial charge on any atom is -0.508 e. The van der Waals surface area contributed by atoms with E-state index in [1.165, 1.54) is 34.4 Å². The van der Waals surface area contributed by atoms with E-state index in [0.717, 1.165) is 60.8 Å². The molecule has 5 heterocycles. The first-order valence-electron chi connectivity index (χ1n) is 20.5. The SMILES string of the molecule is O=C1CCC(N2Cc3c(cc(F)c(N4CCN(C5CCN(CCOc6ccc(Oc7c(-c8ccc(C(F)(F)F)cc8)sc8cc(O)ccc78)cc6)CC5)CC4)c3F)C2=O)C(=O)N1. The number of imide groups is 1. The monoisotopic (exact) mass is 875 g/mol. The number of hydrogen-bond donors (Lipinski definition) is 2. The molecule has 3 saturated heterocycles. The third kappa shape index (κ3) is 8.28. The highest BCUT2D eigenvalue weighted by Crippen LogP contribution is 2.48. The fourth-order valence-electron chi connectivity index (χ4n) is 8.91. The zero-order valence-corrected chi connectivity index (χ0v) is 34.2. The number of thiophene rings is 1. The molecule has 3 amide bonds. The van der Waals surface area contributed by atoms with Crippen LogP contribution in [-0.4, -0.2) is 102 Å². The number of hydrogen-bond acceptors (Lipinski definition) is 10. The van der Waals surface area contributed by atoms with Gasteiger partial charge in [-0.15, -0.1) is 11.3 Å². The van der Waals surface area contributed by atoms with Crippen molar-refractivity contribution >= 4 is 44.8 Å². The van der Waals surface area contributed by atoms with Crippen LogP contribution in [0.2, 0.25) is 0 Å². The number of halogens is 5. The van der Waals surface area contributed by atoms with E-state index in [4.69, 9.17) is 9.47 Å². The summed E-state index contributed by atoms with van der Waals surface area (Å²) in [5.41, 5.74) is -0.350. The van der Waals surface area contributed by atoms with Gasteiger partial charge in [0.05, 0.1) is 22.5 Å². The van der Waals surface area contributed by atoms with Crippen LogP contribution in [0.1, 0.15) is 47.2 Å². The number of rotatable bonds is 10. The Kier molecular flexibility index (Phi) is 11.3. The number of aromatic hydroxyl groups is 1. The molecule has 17 heteroatoms. The molecule has 1 aromatic heterocycles. The number of ether oxygens (including phenoxy) is 2. The van der Waals surface area contributed by atoms with E-state index in [2.05, 4.69) is 15.1 Å². The molecule has 4 aliphatic rings. The first-order chi connectivity index (χ1) is 29.8. The molecular weight excluding hydrogens is 834 g/mol. The topological polar surface area (TPSA) is 115 Å². The Morgan fingerprint density at radius 3 is 2.24 bits per heavy atom. The second kappa shape index (κ2) is 16.8. The third-order valence-corrected chi connectivity index (χ3v) is 13.4. The Labute approximate surface area is 357 Å². The number of phenols is 1. The van der Waals surface area contributed by atoms with Gasteiger partial charge in [0.25, 0.3) is 5.91 Å². The van der Waals surface area contributed by atoms with Gasteiger partial charge in [0, 0.05) is 60.8 Å². The molecule has 62 heavy (non-hydrogen) atoms. The van der Waals surface area contributed by atoms with E-state index >= 15 is 8.78 Å². The molecule has 0 bridgehead atoms. The molecule has 0 saturated carbocycles. The molecule has 2 N–H and O–H groups in total. The fourth-order valence-corrected chi connectivity index (χ4v) is 10.1. The van der Waals surface area contributed by atoms with Gasteiger partial charge in [-0.25, -0.2) is 8.78 Å². The van der Waals surface area contributed by atoms with E-state index in [9.17, 15) is 32.7 Å². The molecule has 0 radical (unpaired) electrons. The molecule has 1 unspecified atom stereocenters. The summed E-state index contributed by atoms with van der Waals surface area (Å²) >= 11 is 1.32. The molecule has 1 atom stereocenters. The first kappa shape index (κ1) is 41.6. The second-order valence-electron chi connectivity index (χ2n) is 16.0. The largest absolute Gasteiger partial charge is 0.508 e. The number of benzene rings is 4. The summed E-state index contributed by atoms with van der Waals surface area (Å²) < 4.78 is 84.3. The van der Waals surface area contributed by atoms with Crippen molar-refractivity contribution in [2.24, 2.45) is 0 Å². The van der Waals surface area contributed by atoms with Crippen LogP contribution in [0.15, 0.2) is 72.8 Å². The van der Waals surface area contributed by atoms with Crippen molar-refractivity contribution in [3.05, 3.63) is 101 Å². The third-order valence-electron chi connectivity index (χ3n) is 12.2. The van der Waals surface area contributed by atoms with Gasteiger partial charge in [0.15, 0.2) is 11.6 Å². The number of phenolic OH excluding ortho intramolecular Hbond substituents is 1. The van der Waals surface area contributed by atoms with Crippen molar-refractivity contribution in [2.45, 2.75) is 50.5 Å². The Morgan fingerprint density at radius 1 is 0.839 bits per heavy atom. The molecule has 3 fully saturated rings. The highest BCUT2D eigenvalue weighted by Gasteiger charge is 2.42. The number of carbonyl (C=O) groups is 3. The van der Waals surface area contributed by atoms with Gasteiger partial charge in [-0.1, -0.05) is 12.1 Å². The van der Waals surface area contributed by atoms with Crippen molar-refractivity contribution < 1.29 is 50.9 Å². The van der Waals surface area contributed by atoms with Crippen LogP contribution >= 0.6 is 11.3 Å². The number of alkyl halides is 3. The Bertz CT molecular complexity index is 2520. The average molecular weight is 876 g/mol. The van der Waals surface area contributed by atoms with Crippen molar-refractivity contribution in [1.29, 1.82) is 0 Å². The Balaban J connectivity index is 0.747. The molecule has 9 rings (SSSR count). The van der Waals surface area contributed by atoms with Gasteiger partial charge < -0.3 is 24.4 Å². The van der Waals surface area contributed by atoms with Gasteiger partial charge in [-0.2, -0.15) is 13.2 Å². The van der Waals surface area contributed by atoms with Crippen LogP contribution in [0.5, 0.6) is 23.0 Å². The lowest BCUT2D eigenvalue weighted by Crippen LogP contribution is -2.53. The highest BCUT2D eigenvalue weighted by atomic mass is 32.1. The lowest BCUT2D eigenvalue weighted by Gasteiger charge is -2.43. The zero-order chi connectivity index (χ0) is 43.3. The van der Waals surface area contributed by atoms with Gasteiger partial charge in [-0.05, 0) is 98.6 Å². The molecule has 0 spiro atoms. The van der Waals surface area contributed by atoms with Crippen LogP contribution < -0.4 is 19.7 Å². The number of nitrogens with one attached hydrogen (secondary N) is 1. The van der Waals surface area contributed by atoms with E-state index in [1.54, 1.807) is 41.3 Å². The number of fused-ring (bicyclic) bond motifs is 2. The van der Waals surface area contributed by atoms with Crippen LogP contribution in [0.4, 0.5) is 27.6 Å². The normalized spacial score (nSPS) is 19.3. The summed E-state index contributed by atoms with van der Waals surface area (Å²) in [6, 6.07) is 17.4. The first-order valence-corrected chi connectivity index (χ1v) is 21.3. The Hall–Kier alpha value is -5.78. The summed E-state index contributed by atoms with van der Waals surface area (Å²) in [5, 5.41) is 13.0. The molecule has 4 aliphatic heterocycles. The summed E-state index contributed by atoms with van der Waals surface area (Å²) in [7, 11) is 0. The van der Waals surface area contributed by atoms with Gasteiger partial charge >= 0.3 is 6.18 Å². The number of piperidine rings is 2. The number of anilines is 1. The van der Waals surface area contributed by atoms with Crippen molar-refractivity contribution in [2.75, 3.05) is 57.3 Å². The maximum Gasteiger partial charge on any atom is 0.416 e. The van der Waals surface area contributed by atoms with E-state index in [1.807, 2.05) is 0 Å². The second-order valence-corrected chi connectivity index (χ2v) is 17.0. The molecular formula is C45H42F5N5O6S. The van der Waals surface area contributed by atoms with E-state index in [-0.39, 0.29) is 42.0 Å². The maximum absolute atomic E-state index is 16.0. The number of carbonyl (C=O) groups excluding carboxylic acids is 3. The lowest BCUT2D eigenvalue weighted by atomic mass is 10.0.